The van der Waals surface area contributed by atoms with Crippen molar-refractivity contribution in [2.75, 3.05) is 37.6 Å². The largest absolute Gasteiger partial charge is 0.352 e. The van der Waals surface area contributed by atoms with Crippen LogP contribution in [0.25, 0.3) is 10.2 Å². The zero-order chi connectivity index (χ0) is 18.7. The fraction of sp³-hybridized carbons (Fsp3) is 0.529. The van der Waals surface area contributed by atoms with E-state index in [1.54, 1.807) is 22.6 Å². The highest BCUT2D eigenvalue weighted by Gasteiger charge is 2.24. The van der Waals surface area contributed by atoms with E-state index in [-0.39, 0.29) is 24.3 Å². The Morgan fingerprint density at radius 3 is 2.69 bits per heavy atom. The quantitative estimate of drug-likeness (QED) is 0.785. The van der Waals surface area contributed by atoms with Crippen LogP contribution in [0.2, 0.25) is 0 Å². The van der Waals surface area contributed by atoms with E-state index in [1.165, 1.54) is 0 Å². The number of nitrogens with zero attached hydrogens (tertiary/aromatic N) is 4. The zero-order valence-corrected chi connectivity index (χ0v) is 15.8. The molecule has 2 aromatic rings. The number of amides is 2. The van der Waals surface area contributed by atoms with E-state index in [9.17, 15) is 9.59 Å². The van der Waals surface area contributed by atoms with Gasteiger partial charge in [-0.15, -0.1) is 11.3 Å². The molecule has 1 aliphatic heterocycles. The Bertz CT molecular complexity index is 784. The van der Waals surface area contributed by atoms with Crippen LogP contribution in [0.15, 0.2) is 17.8 Å². The van der Waals surface area contributed by atoms with Crippen LogP contribution in [-0.4, -0.2) is 65.4 Å². The molecule has 0 unspecified atom stereocenters. The predicted octanol–water partition coefficient (Wildman–Crippen LogP) is 0.439. The summed E-state index contributed by atoms with van der Waals surface area (Å²) in [6.45, 7) is 6.34. The van der Waals surface area contributed by atoms with Gasteiger partial charge in [0.05, 0.1) is 18.0 Å². The SMILES string of the molecule is CC(C)[C@H](N)C(=O)NCC(=O)N1CCN(c2ncnc3sccc23)CC1. The van der Waals surface area contributed by atoms with Gasteiger partial charge in [0, 0.05) is 26.2 Å². The van der Waals surface area contributed by atoms with Crippen molar-refractivity contribution in [2.24, 2.45) is 11.7 Å². The van der Waals surface area contributed by atoms with E-state index in [4.69, 9.17) is 5.73 Å². The number of nitrogens with one attached hydrogen (secondary N) is 1. The third-order valence-electron chi connectivity index (χ3n) is 4.61. The third-order valence-corrected chi connectivity index (χ3v) is 5.43. The highest BCUT2D eigenvalue weighted by atomic mass is 32.1. The molecule has 3 heterocycles. The van der Waals surface area contributed by atoms with Gasteiger partial charge in [0.15, 0.2) is 0 Å². The number of rotatable bonds is 5. The van der Waals surface area contributed by atoms with Gasteiger partial charge in [-0.3, -0.25) is 9.59 Å². The third kappa shape index (κ3) is 3.94. The summed E-state index contributed by atoms with van der Waals surface area (Å²) in [5, 5.41) is 5.69. The Hall–Kier alpha value is -2.26. The van der Waals surface area contributed by atoms with Gasteiger partial charge < -0.3 is 20.9 Å². The summed E-state index contributed by atoms with van der Waals surface area (Å²) in [5.41, 5.74) is 5.79. The van der Waals surface area contributed by atoms with Gasteiger partial charge in [-0.05, 0) is 17.4 Å². The number of piperazine rings is 1. The lowest BCUT2D eigenvalue weighted by Crippen LogP contribution is -2.53. The molecule has 3 N–H and O–H groups in total. The van der Waals surface area contributed by atoms with Crippen molar-refractivity contribution in [3.8, 4) is 0 Å². The van der Waals surface area contributed by atoms with Gasteiger partial charge in [-0.25, -0.2) is 9.97 Å². The van der Waals surface area contributed by atoms with Crippen LogP contribution >= 0.6 is 11.3 Å². The Morgan fingerprint density at radius 2 is 2.00 bits per heavy atom. The van der Waals surface area contributed by atoms with Crippen molar-refractivity contribution < 1.29 is 9.59 Å². The first-order valence-corrected chi connectivity index (χ1v) is 9.59. The molecule has 2 amide bonds. The van der Waals surface area contributed by atoms with E-state index in [2.05, 4.69) is 20.2 Å². The van der Waals surface area contributed by atoms with Gasteiger partial charge >= 0.3 is 0 Å². The minimum Gasteiger partial charge on any atom is -0.352 e. The number of hydrogen-bond donors (Lipinski definition) is 2. The molecule has 0 bridgehead atoms. The van der Waals surface area contributed by atoms with E-state index >= 15 is 0 Å². The molecule has 0 aromatic carbocycles. The Kier molecular flexibility index (Phi) is 5.67. The predicted molar refractivity (Wildman–Crippen MR) is 102 cm³/mol. The second-order valence-corrected chi connectivity index (χ2v) is 7.59. The van der Waals surface area contributed by atoms with E-state index in [1.807, 2.05) is 25.3 Å². The average molecular weight is 376 g/mol. The maximum atomic E-state index is 12.3. The molecule has 0 radical (unpaired) electrons. The van der Waals surface area contributed by atoms with Crippen molar-refractivity contribution >= 4 is 39.2 Å². The maximum Gasteiger partial charge on any atom is 0.242 e. The van der Waals surface area contributed by atoms with Crippen LogP contribution in [0.1, 0.15) is 13.8 Å². The van der Waals surface area contributed by atoms with Crippen LogP contribution in [-0.2, 0) is 9.59 Å². The fourth-order valence-electron chi connectivity index (χ4n) is 2.89. The summed E-state index contributed by atoms with van der Waals surface area (Å²) in [6, 6.07) is 1.44. The minimum atomic E-state index is -0.592. The van der Waals surface area contributed by atoms with Crippen molar-refractivity contribution in [2.45, 2.75) is 19.9 Å². The van der Waals surface area contributed by atoms with Gasteiger partial charge in [0.25, 0.3) is 0 Å². The molecule has 2 aromatic heterocycles. The number of fused-ring (bicyclic) bond motifs is 1. The molecular weight excluding hydrogens is 352 g/mol. The molecule has 0 saturated carbocycles. The summed E-state index contributed by atoms with van der Waals surface area (Å²) >= 11 is 1.59. The first-order chi connectivity index (χ1) is 12.5. The lowest BCUT2D eigenvalue weighted by Gasteiger charge is -2.35. The smallest absolute Gasteiger partial charge is 0.242 e. The molecule has 1 saturated heterocycles. The highest BCUT2D eigenvalue weighted by Crippen LogP contribution is 2.27. The second-order valence-electron chi connectivity index (χ2n) is 6.69. The molecule has 140 valence electrons. The number of aromatic nitrogens is 2. The lowest BCUT2D eigenvalue weighted by molar-refractivity contribution is -0.133. The fourth-order valence-corrected chi connectivity index (χ4v) is 3.62. The summed E-state index contributed by atoms with van der Waals surface area (Å²) in [4.78, 5) is 37.8. The number of nitrogens with two attached hydrogens (primary N) is 1. The van der Waals surface area contributed by atoms with Crippen molar-refractivity contribution in [3.05, 3.63) is 17.8 Å². The second kappa shape index (κ2) is 7.96. The number of carbonyl (C=O) groups excluding carboxylic acids is 2. The standard InChI is InChI=1S/C17H24N6O2S/c1-11(2)14(18)16(25)19-9-13(24)22-4-6-23(7-5-22)15-12-3-8-26-17(12)21-10-20-15/h3,8,10-11,14H,4-7,9,18H2,1-2H3,(H,19,25)/t14-/m0/s1. The Morgan fingerprint density at radius 1 is 1.27 bits per heavy atom. The maximum absolute atomic E-state index is 12.3. The molecule has 1 atom stereocenters. The Labute approximate surface area is 156 Å². The van der Waals surface area contributed by atoms with Gasteiger partial charge in [0.1, 0.15) is 17.0 Å². The first kappa shape index (κ1) is 18.5. The van der Waals surface area contributed by atoms with Gasteiger partial charge in [-0.2, -0.15) is 0 Å². The van der Waals surface area contributed by atoms with Crippen molar-refractivity contribution in [1.82, 2.24) is 20.2 Å². The summed E-state index contributed by atoms with van der Waals surface area (Å²) in [6.07, 6.45) is 1.58. The van der Waals surface area contributed by atoms with Gasteiger partial charge in [-0.1, -0.05) is 13.8 Å². The molecule has 1 aliphatic rings. The molecule has 8 nitrogen and oxygen atoms in total. The monoisotopic (exact) mass is 376 g/mol. The molecular formula is C17H24N6O2S. The first-order valence-electron chi connectivity index (χ1n) is 8.71. The number of anilines is 1. The van der Waals surface area contributed by atoms with E-state index in [0.717, 1.165) is 16.0 Å². The van der Waals surface area contributed by atoms with E-state index in [0.29, 0.717) is 26.2 Å². The minimum absolute atomic E-state index is 0.0124. The molecule has 0 aliphatic carbocycles. The number of carbonyl (C=O) groups is 2. The summed E-state index contributed by atoms with van der Waals surface area (Å²) in [5.74, 6) is 0.583. The number of hydrogen-bond acceptors (Lipinski definition) is 7. The van der Waals surface area contributed by atoms with Crippen LogP contribution in [0.3, 0.4) is 0 Å². The van der Waals surface area contributed by atoms with E-state index < -0.39 is 6.04 Å². The molecule has 0 spiro atoms. The van der Waals surface area contributed by atoms with Crippen LogP contribution in [0.4, 0.5) is 5.82 Å². The molecule has 26 heavy (non-hydrogen) atoms. The number of thiophene rings is 1. The highest BCUT2D eigenvalue weighted by molar-refractivity contribution is 7.16. The summed E-state index contributed by atoms with van der Waals surface area (Å²) in [7, 11) is 0. The Balaban J connectivity index is 1.53. The van der Waals surface area contributed by atoms with Crippen molar-refractivity contribution in [1.29, 1.82) is 0 Å². The molecule has 3 rings (SSSR count). The average Bonchev–Trinajstić information content (AvgIpc) is 3.14. The normalized spacial score (nSPS) is 16.2. The van der Waals surface area contributed by atoms with Gasteiger partial charge in [0.2, 0.25) is 11.8 Å². The van der Waals surface area contributed by atoms with Crippen LogP contribution in [0.5, 0.6) is 0 Å². The lowest BCUT2D eigenvalue weighted by atomic mass is 10.1. The zero-order valence-electron chi connectivity index (χ0n) is 15.0. The molecule has 9 heteroatoms. The van der Waals surface area contributed by atoms with Crippen molar-refractivity contribution in [3.63, 3.8) is 0 Å². The van der Waals surface area contributed by atoms with Crippen LogP contribution in [0, 0.1) is 5.92 Å². The molecule has 1 fully saturated rings. The van der Waals surface area contributed by atoms with Crippen LogP contribution < -0.4 is 16.0 Å². The summed E-state index contributed by atoms with van der Waals surface area (Å²) < 4.78 is 0. The topological polar surface area (TPSA) is 104 Å².